The van der Waals surface area contributed by atoms with Crippen molar-refractivity contribution >= 4 is 11.8 Å². The standard InChI is InChI=1S/C11H20N2O8/c1-4(15)13-10(19)11(20)2-5(16)7(12)9(21-11)8(18)6(17)3-14/h5-9,14,16-18,20H,2-3,12H2,1H3,(H,13,15,19)/t5-,6+,7+,8+,9+,11?/m0/s1. The molecule has 10 heteroatoms. The summed E-state index contributed by atoms with van der Waals surface area (Å²) in [6, 6.07) is -1.22. The number of nitrogens with two attached hydrogens (primary N) is 1. The number of hydrogen-bond donors (Lipinski definition) is 7. The Bertz CT molecular complexity index is 406. The lowest BCUT2D eigenvalue weighted by molar-refractivity contribution is -0.284. The molecule has 10 nitrogen and oxygen atoms in total. The SMILES string of the molecule is CC(=O)NC(=O)C1(O)C[C@H](O)[C@@H](N)[C@H]([C@H](O)[C@H](O)CO)O1. The third kappa shape index (κ3) is 3.95. The van der Waals surface area contributed by atoms with Gasteiger partial charge in [-0.3, -0.25) is 14.9 Å². The van der Waals surface area contributed by atoms with Crippen molar-refractivity contribution in [3.8, 4) is 0 Å². The molecule has 122 valence electrons. The largest absolute Gasteiger partial charge is 0.394 e. The van der Waals surface area contributed by atoms with Gasteiger partial charge in [0.1, 0.15) is 18.3 Å². The number of imide groups is 1. The number of carbonyl (C=O) groups is 2. The zero-order chi connectivity index (χ0) is 16.4. The summed E-state index contributed by atoms with van der Waals surface area (Å²) in [6.45, 7) is 0.218. The molecule has 0 bridgehead atoms. The first-order chi connectivity index (χ1) is 9.62. The second-order valence-corrected chi connectivity index (χ2v) is 4.97. The average molecular weight is 308 g/mol. The number of aliphatic hydroxyl groups excluding tert-OH is 4. The number of rotatable bonds is 4. The molecule has 1 aliphatic rings. The minimum absolute atomic E-state index is 0.619. The van der Waals surface area contributed by atoms with Crippen LogP contribution in [0.25, 0.3) is 0 Å². The van der Waals surface area contributed by atoms with E-state index in [0.29, 0.717) is 0 Å². The Morgan fingerprint density at radius 1 is 1.48 bits per heavy atom. The summed E-state index contributed by atoms with van der Waals surface area (Å²) in [5, 5.41) is 49.6. The number of carbonyl (C=O) groups excluding carboxylic acids is 2. The fourth-order valence-electron chi connectivity index (χ4n) is 2.02. The molecule has 6 atom stereocenters. The molecule has 1 saturated heterocycles. The van der Waals surface area contributed by atoms with E-state index in [2.05, 4.69) is 0 Å². The van der Waals surface area contributed by atoms with E-state index in [9.17, 15) is 30.0 Å². The van der Waals surface area contributed by atoms with Crippen LogP contribution in [0.2, 0.25) is 0 Å². The van der Waals surface area contributed by atoms with Crippen LogP contribution in [-0.4, -0.2) is 80.2 Å². The molecule has 1 unspecified atom stereocenters. The van der Waals surface area contributed by atoms with Crippen LogP contribution in [0.4, 0.5) is 0 Å². The molecule has 0 aromatic rings. The molecule has 2 amide bonds. The molecule has 0 radical (unpaired) electrons. The van der Waals surface area contributed by atoms with E-state index in [1.165, 1.54) is 0 Å². The lowest BCUT2D eigenvalue weighted by Crippen LogP contribution is -2.67. The predicted molar refractivity (Wildman–Crippen MR) is 66.3 cm³/mol. The smallest absolute Gasteiger partial charge is 0.286 e. The molecule has 0 aromatic carbocycles. The molecule has 1 aliphatic heterocycles. The van der Waals surface area contributed by atoms with Gasteiger partial charge in [0.2, 0.25) is 5.91 Å². The fourth-order valence-corrected chi connectivity index (χ4v) is 2.02. The van der Waals surface area contributed by atoms with Gasteiger partial charge in [-0.1, -0.05) is 0 Å². The summed E-state index contributed by atoms with van der Waals surface area (Å²) in [5.74, 6) is -4.58. The number of ether oxygens (including phenoxy) is 1. The lowest BCUT2D eigenvalue weighted by atomic mass is 9.89. The van der Waals surface area contributed by atoms with E-state index >= 15 is 0 Å². The van der Waals surface area contributed by atoms with Crippen molar-refractivity contribution in [2.24, 2.45) is 5.73 Å². The van der Waals surface area contributed by atoms with Gasteiger partial charge in [0.25, 0.3) is 11.7 Å². The van der Waals surface area contributed by atoms with Crippen molar-refractivity contribution in [3.63, 3.8) is 0 Å². The molecule has 0 aliphatic carbocycles. The van der Waals surface area contributed by atoms with E-state index in [4.69, 9.17) is 15.6 Å². The summed E-state index contributed by atoms with van der Waals surface area (Å²) in [4.78, 5) is 22.6. The topological polar surface area (TPSA) is 183 Å². The minimum atomic E-state index is -2.60. The summed E-state index contributed by atoms with van der Waals surface area (Å²) in [5.41, 5.74) is 5.60. The molecule has 8 N–H and O–H groups in total. The lowest BCUT2D eigenvalue weighted by Gasteiger charge is -2.44. The molecule has 0 spiro atoms. The Hall–Kier alpha value is -1.14. The van der Waals surface area contributed by atoms with Crippen LogP contribution >= 0.6 is 0 Å². The Morgan fingerprint density at radius 3 is 2.52 bits per heavy atom. The van der Waals surface area contributed by atoms with Gasteiger partial charge in [0, 0.05) is 13.3 Å². The molecule has 1 fully saturated rings. The molecule has 1 rings (SSSR count). The van der Waals surface area contributed by atoms with Gasteiger partial charge in [0.15, 0.2) is 0 Å². The van der Waals surface area contributed by atoms with Crippen LogP contribution in [0.3, 0.4) is 0 Å². The highest BCUT2D eigenvalue weighted by molar-refractivity contribution is 5.97. The number of nitrogens with one attached hydrogen (secondary N) is 1. The highest BCUT2D eigenvalue weighted by Gasteiger charge is 2.52. The van der Waals surface area contributed by atoms with Gasteiger partial charge < -0.3 is 36.0 Å². The van der Waals surface area contributed by atoms with Crippen molar-refractivity contribution in [2.45, 2.75) is 49.6 Å². The van der Waals surface area contributed by atoms with Crippen LogP contribution < -0.4 is 11.1 Å². The van der Waals surface area contributed by atoms with E-state index in [-0.39, 0.29) is 0 Å². The van der Waals surface area contributed by atoms with E-state index < -0.39 is 61.1 Å². The molecule has 0 aromatic heterocycles. The molecular formula is C11H20N2O8. The normalized spacial score (nSPS) is 35.9. The van der Waals surface area contributed by atoms with Crippen LogP contribution in [0.1, 0.15) is 13.3 Å². The van der Waals surface area contributed by atoms with Crippen LogP contribution in [0, 0.1) is 0 Å². The van der Waals surface area contributed by atoms with Crippen molar-refractivity contribution in [1.82, 2.24) is 5.32 Å². The first-order valence-corrected chi connectivity index (χ1v) is 6.25. The average Bonchev–Trinajstić information content (AvgIpc) is 2.40. The van der Waals surface area contributed by atoms with E-state index in [1.807, 2.05) is 0 Å². The summed E-state index contributed by atoms with van der Waals surface area (Å²) in [7, 11) is 0. The highest BCUT2D eigenvalue weighted by Crippen LogP contribution is 2.29. The first-order valence-electron chi connectivity index (χ1n) is 6.25. The molecule has 0 saturated carbocycles. The Balaban J connectivity index is 2.96. The Labute approximate surface area is 120 Å². The van der Waals surface area contributed by atoms with Crippen molar-refractivity contribution in [1.29, 1.82) is 0 Å². The minimum Gasteiger partial charge on any atom is -0.394 e. The summed E-state index contributed by atoms with van der Waals surface area (Å²) < 4.78 is 4.99. The maximum atomic E-state index is 11.7. The van der Waals surface area contributed by atoms with Gasteiger partial charge in [-0.05, 0) is 0 Å². The van der Waals surface area contributed by atoms with Gasteiger partial charge in [-0.2, -0.15) is 0 Å². The van der Waals surface area contributed by atoms with Crippen LogP contribution in [0.15, 0.2) is 0 Å². The van der Waals surface area contributed by atoms with Gasteiger partial charge in [-0.15, -0.1) is 0 Å². The molecule has 1 heterocycles. The Kier molecular flexibility index (Phi) is 5.75. The first kappa shape index (κ1) is 17.9. The van der Waals surface area contributed by atoms with E-state index in [0.717, 1.165) is 6.92 Å². The van der Waals surface area contributed by atoms with Crippen molar-refractivity contribution in [2.75, 3.05) is 6.61 Å². The molecule has 21 heavy (non-hydrogen) atoms. The maximum absolute atomic E-state index is 11.7. The second kappa shape index (κ2) is 6.75. The van der Waals surface area contributed by atoms with E-state index in [1.54, 1.807) is 5.32 Å². The number of aliphatic hydroxyl groups is 5. The monoisotopic (exact) mass is 308 g/mol. The summed E-state index contributed by atoms with van der Waals surface area (Å²) in [6.07, 6.45) is -6.99. The van der Waals surface area contributed by atoms with Gasteiger partial charge >= 0.3 is 0 Å². The van der Waals surface area contributed by atoms with Crippen LogP contribution in [0.5, 0.6) is 0 Å². The highest BCUT2D eigenvalue weighted by atomic mass is 16.6. The summed E-state index contributed by atoms with van der Waals surface area (Å²) >= 11 is 0. The van der Waals surface area contributed by atoms with Gasteiger partial charge in [-0.25, -0.2) is 0 Å². The van der Waals surface area contributed by atoms with Crippen molar-refractivity contribution < 1.29 is 39.9 Å². The zero-order valence-corrected chi connectivity index (χ0v) is 11.3. The quantitative estimate of drug-likeness (QED) is 0.269. The third-order valence-electron chi connectivity index (χ3n) is 3.20. The predicted octanol–water partition coefficient (Wildman–Crippen LogP) is -4.47. The Morgan fingerprint density at radius 2 is 2.05 bits per heavy atom. The van der Waals surface area contributed by atoms with Crippen LogP contribution in [-0.2, 0) is 14.3 Å². The van der Waals surface area contributed by atoms with Gasteiger partial charge in [0.05, 0.1) is 18.8 Å². The zero-order valence-electron chi connectivity index (χ0n) is 11.3. The number of amides is 2. The number of hydrogen-bond acceptors (Lipinski definition) is 9. The van der Waals surface area contributed by atoms with Crippen molar-refractivity contribution in [3.05, 3.63) is 0 Å². The second-order valence-electron chi connectivity index (χ2n) is 4.97. The molecular weight excluding hydrogens is 288 g/mol. The fraction of sp³-hybridized carbons (Fsp3) is 0.818. The third-order valence-corrected chi connectivity index (χ3v) is 3.20. The maximum Gasteiger partial charge on any atom is 0.286 e.